The lowest BCUT2D eigenvalue weighted by molar-refractivity contribution is -0.113. The molecule has 0 saturated carbocycles. The van der Waals surface area contributed by atoms with Crippen LogP contribution in [0, 0.1) is 6.92 Å². The van der Waals surface area contributed by atoms with Crippen molar-refractivity contribution >= 4 is 56.8 Å². The zero-order chi connectivity index (χ0) is 32.9. The molecule has 240 valence electrons. The number of ether oxygens (including phenoxy) is 2. The highest BCUT2D eigenvalue weighted by molar-refractivity contribution is 9.10. The van der Waals surface area contributed by atoms with Crippen molar-refractivity contribution in [1.82, 2.24) is 14.8 Å². The fraction of sp³-hybridized carbons (Fsp3) is 0.194. The number of aromatic nitrogens is 3. The number of amides is 1. The Morgan fingerprint density at radius 2 is 1.77 bits per heavy atom. The second-order valence-corrected chi connectivity index (χ2v) is 13.2. The molecule has 1 aliphatic rings. The third kappa shape index (κ3) is 7.51. The zero-order valence-electron chi connectivity index (χ0n) is 26.1. The van der Waals surface area contributed by atoms with Crippen LogP contribution >= 0.6 is 39.3 Å². The van der Waals surface area contributed by atoms with Crippen LogP contribution in [0.15, 0.2) is 112 Å². The van der Waals surface area contributed by atoms with E-state index < -0.39 is 6.04 Å². The summed E-state index contributed by atoms with van der Waals surface area (Å²) in [5.41, 5.74) is 5.84. The molecule has 0 bridgehead atoms. The quantitative estimate of drug-likeness (QED) is 0.131. The number of fused-ring (bicyclic) bond motifs is 1. The van der Waals surface area contributed by atoms with Crippen LogP contribution in [0.5, 0.6) is 11.5 Å². The topological polar surface area (TPSA) is 90.3 Å². The van der Waals surface area contributed by atoms with Crippen molar-refractivity contribution in [3.8, 4) is 11.5 Å². The number of hydrogen-bond donors (Lipinski definition) is 2. The maximum Gasteiger partial charge on any atom is 0.255 e. The highest BCUT2D eigenvalue weighted by atomic mass is 79.9. The largest absolute Gasteiger partial charge is 0.490 e. The summed E-state index contributed by atoms with van der Waals surface area (Å²) in [6.07, 6.45) is 0. The molecule has 8 nitrogen and oxygen atoms in total. The second kappa shape index (κ2) is 14.7. The number of para-hydroxylation sites is 1. The van der Waals surface area contributed by atoms with E-state index in [0.29, 0.717) is 68.0 Å². The first-order valence-electron chi connectivity index (χ1n) is 15.1. The van der Waals surface area contributed by atoms with Gasteiger partial charge in [-0.2, -0.15) is 4.98 Å². The number of nitrogens with one attached hydrogen (secondary N) is 2. The average molecular weight is 731 g/mol. The summed E-state index contributed by atoms with van der Waals surface area (Å²) in [4.78, 5) is 18.8. The highest BCUT2D eigenvalue weighted by Gasteiger charge is 2.35. The van der Waals surface area contributed by atoms with Gasteiger partial charge in [0, 0.05) is 22.2 Å². The SMILES string of the molecule is CCOc1cc(C2C(C(=O)Nc3ccccc3)=C(C)Nc3nc(SCc4ccccc4Cl)nn32)cc(Br)c1OCc1ccc(C)cc1. The number of nitrogens with zero attached hydrogens (tertiary/aromatic N) is 3. The Morgan fingerprint density at radius 3 is 2.51 bits per heavy atom. The molecule has 0 radical (unpaired) electrons. The fourth-order valence-corrected chi connectivity index (χ4v) is 6.95. The number of halogens is 2. The van der Waals surface area contributed by atoms with E-state index in [0.717, 1.165) is 16.7 Å². The van der Waals surface area contributed by atoms with Crippen LogP contribution in [0.25, 0.3) is 0 Å². The molecule has 0 fully saturated rings. The average Bonchev–Trinajstić information content (AvgIpc) is 3.47. The lowest BCUT2D eigenvalue weighted by atomic mass is 9.94. The van der Waals surface area contributed by atoms with Crippen molar-refractivity contribution in [3.63, 3.8) is 0 Å². The Labute approximate surface area is 291 Å². The van der Waals surface area contributed by atoms with Gasteiger partial charge in [0.2, 0.25) is 11.1 Å². The lowest BCUT2D eigenvalue weighted by Gasteiger charge is -2.29. The number of carbonyl (C=O) groups excluding carboxylic acids is 1. The molecule has 2 N–H and O–H groups in total. The van der Waals surface area contributed by atoms with Crippen molar-refractivity contribution in [2.45, 2.75) is 44.3 Å². The van der Waals surface area contributed by atoms with Crippen LogP contribution in [0.4, 0.5) is 11.6 Å². The smallest absolute Gasteiger partial charge is 0.255 e. The van der Waals surface area contributed by atoms with Gasteiger partial charge in [0.05, 0.1) is 16.7 Å². The van der Waals surface area contributed by atoms with E-state index in [1.807, 2.05) is 92.7 Å². The molecule has 6 rings (SSSR count). The molecule has 1 aromatic heterocycles. The van der Waals surface area contributed by atoms with E-state index in [1.165, 1.54) is 17.3 Å². The fourth-order valence-electron chi connectivity index (χ4n) is 5.26. The number of thioether (sulfide) groups is 1. The molecular formula is C36H33BrClN5O3S. The molecule has 0 aliphatic carbocycles. The Balaban J connectivity index is 1.38. The van der Waals surface area contributed by atoms with Crippen LogP contribution in [0.1, 0.15) is 42.1 Å². The first kappa shape index (κ1) is 32.7. The molecule has 1 amide bonds. The molecule has 4 aromatic carbocycles. The Bertz CT molecular complexity index is 1930. The van der Waals surface area contributed by atoms with Crippen molar-refractivity contribution in [2.24, 2.45) is 0 Å². The molecule has 1 atom stereocenters. The van der Waals surface area contributed by atoms with Crippen molar-refractivity contribution in [1.29, 1.82) is 0 Å². The number of carbonyl (C=O) groups is 1. The van der Waals surface area contributed by atoms with Crippen LogP contribution in [-0.4, -0.2) is 27.3 Å². The van der Waals surface area contributed by atoms with Crippen molar-refractivity contribution in [3.05, 3.63) is 134 Å². The number of rotatable bonds is 11. The third-order valence-corrected chi connectivity index (χ3v) is 9.42. The molecule has 0 saturated heterocycles. The Hall–Kier alpha value is -4.25. The van der Waals surface area contributed by atoms with E-state index in [4.69, 9.17) is 31.2 Å². The van der Waals surface area contributed by atoms with Gasteiger partial charge in [-0.05, 0) is 83.7 Å². The van der Waals surface area contributed by atoms with Crippen molar-refractivity contribution < 1.29 is 14.3 Å². The molecule has 47 heavy (non-hydrogen) atoms. The molecule has 1 aliphatic heterocycles. The van der Waals surface area contributed by atoms with Crippen LogP contribution in [0.3, 0.4) is 0 Å². The molecule has 0 spiro atoms. The molecule has 1 unspecified atom stereocenters. The van der Waals surface area contributed by atoms with Gasteiger partial charge in [-0.3, -0.25) is 4.79 Å². The number of benzene rings is 4. The van der Waals surface area contributed by atoms with Crippen LogP contribution in [0.2, 0.25) is 5.02 Å². The standard InChI is InChI=1S/C36H33BrClN5O3S/c1-4-45-30-19-26(18-28(37)33(30)46-20-24-16-14-22(2)15-17-24)32-31(34(44)40-27-11-6-5-7-12-27)23(3)39-35-41-36(42-43(32)35)47-21-25-10-8-9-13-29(25)38/h5-19,32H,4,20-21H2,1-3H3,(H,40,44)(H,39,41,42). The van der Waals surface area contributed by atoms with Crippen LogP contribution in [-0.2, 0) is 17.2 Å². The van der Waals surface area contributed by atoms with Gasteiger partial charge in [0.25, 0.3) is 5.91 Å². The number of anilines is 2. The molecule has 2 heterocycles. The van der Waals surface area contributed by atoms with Gasteiger partial charge >= 0.3 is 0 Å². The zero-order valence-corrected chi connectivity index (χ0v) is 29.2. The van der Waals surface area contributed by atoms with E-state index in [-0.39, 0.29) is 5.91 Å². The maximum absolute atomic E-state index is 14.0. The molecule has 11 heteroatoms. The summed E-state index contributed by atoms with van der Waals surface area (Å²) in [5, 5.41) is 12.5. The summed E-state index contributed by atoms with van der Waals surface area (Å²) in [7, 11) is 0. The number of hydrogen-bond acceptors (Lipinski definition) is 7. The Kier molecular flexibility index (Phi) is 10.2. The maximum atomic E-state index is 14.0. The minimum Gasteiger partial charge on any atom is -0.490 e. The van der Waals surface area contributed by atoms with Gasteiger partial charge in [0.15, 0.2) is 11.5 Å². The van der Waals surface area contributed by atoms with Gasteiger partial charge in [-0.25, -0.2) is 4.68 Å². The minimum atomic E-state index is -0.626. The van der Waals surface area contributed by atoms with Gasteiger partial charge in [-0.1, -0.05) is 89.6 Å². The van der Waals surface area contributed by atoms with E-state index >= 15 is 0 Å². The van der Waals surface area contributed by atoms with Crippen LogP contribution < -0.4 is 20.1 Å². The molecular weight excluding hydrogens is 698 g/mol. The van der Waals surface area contributed by atoms with Gasteiger partial charge < -0.3 is 20.1 Å². The summed E-state index contributed by atoms with van der Waals surface area (Å²) in [5.74, 6) is 1.99. The highest BCUT2D eigenvalue weighted by Crippen LogP contribution is 2.44. The van der Waals surface area contributed by atoms with Gasteiger partial charge in [0.1, 0.15) is 12.6 Å². The number of aryl methyl sites for hydroxylation is 1. The van der Waals surface area contributed by atoms with Gasteiger partial charge in [-0.15, -0.1) is 5.10 Å². The minimum absolute atomic E-state index is 0.258. The first-order chi connectivity index (χ1) is 22.8. The molecule has 5 aromatic rings. The lowest BCUT2D eigenvalue weighted by Crippen LogP contribution is -2.31. The predicted octanol–water partition coefficient (Wildman–Crippen LogP) is 9.20. The van der Waals surface area contributed by atoms with E-state index in [1.54, 1.807) is 4.68 Å². The van der Waals surface area contributed by atoms with E-state index in [2.05, 4.69) is 45.6 Å². The summed E-state index contributed by atoms with van der Waals surface area (Å²) >= 11 is 11.6. The van der Waals surface area contributed by atoms with Crippen molar-refractivity contribution in [2.75, 3.05) is 17.2 Å². The summed E-state index contributed by atoms with van der Waals surface area (Å²) in [6, 6.07) is 28.6. The number of allylic oxidation sites excluding steroid dienone is 1. The predicted molar refractivity (Wildman–Crippen MR) is 191 cm³/mol. The summed E-state index contributed by atoms with van der Waals surface area (Å²) < 4.78 is 14.9. The summed E-state index contributed by atoms with van der Waals surface area (Å²) in [6.45, 7) is 6.65. The monoisotopic (exact) mass is 729 g/mol. The third-order valence-electron chi connectivity index (χ3n) is 7.58. The first-order valence-corrected chi connectivity index (χ1v) is 17.3. The Morgan fingerprint density at radius 1 is 1.02 bits per heavy atom. The normalized spacial score (nSPS) is 13.9. The van der Waals surface area contributed by atoms with E-state index in [9.17, 15) is 4.79 Å². The second-order valence-electron chi connectivity index (χ2n) is 11.0.